The van der Waals surface area contributed by atoms with E-state index in [2.05, 4.69) is 5.32 Å². The molecule has 1 fully saturated rings. The van der Waals surface area contributed by atoms with Crippen molar-refractivity contribution >= 4 is 23.5 Å². The van der Waals surface area contributed by atoms with Crippen LogP contribution in [0.5, 0.6) is 0 Å². The van der Waals surface area contributed by atoms with Crippen molar-refractivity contribution in [3.8, 4) is 0 Å². The molecule has 1 saturated heterocycles. The first-order chi connectivity index (χ1) is 13.8. The lowest BCUT2D eigenvalue weighted by atomic mass is 10.2. The Morgan fingerprint density at radius 2 is 1.48 bits per heavy atom. The van der Waals surface area contributed by atoms with Crippen molar-refractivity contribution in [2.75, 3.05) is 31.5 Å². The zero-order chi connectivity index (χ0) is 21.0. The number of nitrogens with two attached hydrogens (primary N) is 1. The molecule has 0 aromatic heterocycles. The van der Waals surface area contributed by atoms with Crippen LogP contribution in [0.15, 0.2) is 42.5 Å². The van der Waals surface area contributed by atoms with E-state index >= 15 is 0 Å². The summed E-state index contributed by atoms with van der Waals surface area (Å²) in [4.78, 5) is 39.4. The van der Waals surface area contributed by atoms with Crippen LogP contribution in [0.2, 0.25) is 0 Å². The van der Waals surface area contributed by atoms with Crippen LogP contribution in [-0.4, -0.2) is 53.8 Å². The number of nitrogens with zero attached hydrogens (tertiary/aromatic N) is 2. The summed E-state index contributed by atoms with van der Waals surface area (Å²) in [6.45, 7) is 1.34. The summed E-state index contributed by atoms with van der Waals surface area (Å²) in [5.74, 6) is -2.09. The standard InChI is InChI=1S/C20H20F2N4O3/c21-15-5-2-13(3-6-15)19(28)25-8-1-9-26(11-10-25)20(29)24-17-12-14(18(23)27)4-7-16(17)22/h2-7,12H,1,8-11H2,(H2,23,27)(H,24,29). The van der Waals surface area contributed by atoms with Crippen LogP contribution in [0.25, 0.3) is 0 Å². The molecule has 0 spiro atoms. The number of rotatable bonds is 3. The van der Waals surface area contributed by atoms with Crippen molar-refractivity contribution < 1.29 is 23.2 Å². The molecule has 3 rings (SSSR count). The summed E-state index contributed by atoms with van der Waals surface area (Å²) >= 11 is 0. The van der Waals surface area contributed by atoms with E-state index in [0.29, 0.717) is 25.1 Å². The fourth-order valence-corrected chi connectivity index (χ4v) is 3.07. The Labute approximate surface area is 166 Å². The number of hydrogen-bond donors (Lipinski definition) is 2. The lowest BCUT2D eigenvalue weighted by Crippen LogP contribution is -2.39. The molecular weight excluding hydrogens is 382 g/mol. The first-order valence-electron chi connectivity index (χ1n) is 9.05. The Bertz CT molecular complexity index is 934. The molecule has 3 N–H and O–H groups in total. The molecule has 1 aliphatic heterocycles. The van der Waals surface area contributed by atoms with Gasteiger partial charge in [0.15, 0.2) is 0 Å². The smallest absolute Gasteiger partial charge is 0.321 e. The molecule has 0 atom stereocenters. The minimum absolute atomic E-state index is 0.0774. The summed E-state index contributed by atoms with van der Waals surface area (Å²) < 4.78 is 27.0. The molecule has 1 aliphatic rings. The van der Waals surface area contributed by atoms with Gasteiger partial charge in [0.05, 0.1) is 5.69 Å². The average Bonchev–Trinajstić information content (AvgIpc) is 2.96. The molecule has 9 heteroatoms. The van der Waals surface area contributed by atoms with Crippen LogP contribution in [0.4, 0.5) is 19.3 Å². The van der Waals surface area contributed by atoms with E-state index in [4.69, 9.17) is 5.73 Å². The molecule has 7 nitrogen and oxygen atoms in total. The maximum Gasteiger partial charge on any atom is 0.321 e. The fourth-order valence-electron chi connectivity index (χ4n) is 3.07. The number of hydrogen-bond acceptors (Lipinski definition) is 3. The van der Waals surface area contributed by atoms with E-state index in [1.54, 1.807) is 4.90 Å². The van der Waals surface area contributed by atoms with E-state index in [0.717, 1.165) is 6.07 Å². The van der Waals surface area contributed by atoms with Gasteiger partial charge in [0.1, 0.15) is 11.6 Å². The first kappa shape index (κ1) is 20.2. The van der Waals surface area contributed by atoms with Crippen molar-refractivity contribution in [1.29, 1.82) is 0 Å². The second-order valence-electron chi connectivity index (χ2n) is 6.63. The van der Waals surface area contributed by atoms with Gasteiger partial charge in [-0.3, -0.25) is 9.59 Å². The molecule has 4 amide bonds. The third-order valence-electron chi connectivity index (χ3n) is 4.65. The molecule has 1 heterocycles. The van der Waals surface area contributed by atoms with Gasteiger partial charge in [0.2, 0.25) is 5.91 Å². The molecule has 0 saturated carbocycles. The SMILES string of the molecule is NC(=O)c1ccc(F)c(NC(=O)N2CCCN(C(=O)c3ccc(F)cc3)CC2)c1. The van der Waals surface area contributed by atoms with Gasteiger partial charge in [-0.05, 0) is 48.9 Å². The van der Waals surface area contributed by atoms with Gasteiger partial charge in [-0.2, -0.15) is 0 Å². The predicted molar refractivity (Wildman–Crippen MR) is 102 cm³/mol. The molecule has 29 heavy (non-hydrogen) atoms. The quantitative estimate of drug-likeness (QED) is 0.826. The normalized spacial score (nSPS) is 14.3. The van der Waals surface area contributed by atoms with Crippen LogP contribution >= 0.6 is 0 Å². The van der Waals surface area contributed by atoms with Gasteiger partial charge in [-0.1, -0.05) is 0 Å². The number of primary amides is 1. The molecule has 0 unspecified atom stereocenters. The van der Waals surface area contributed by atoms with Crippen molar-refractivity contribution in [2.24, 2.45) is 5.73 Å². The van der Waals surface area contributed by atoms with E-state index in [1.807, 2.05) is 0 Å². The number of anilines is 1. The Morgan fingerprint density at radius 3 is 2.17 bits per heavy atom. The highest BCUT2D eigenvalue weighted by Crippen LogP contribution is 2.17. The number of halogens is 2. The van der Waals surface area contributed by atoms with Gasteiger partial charge in [-0.25, -0.2) is 13.6 Å². The van der Waals surface area contributed by atoms with E-state index in [1.165, 1.54) is 41.3 Å². The van der Waals surface area contributed by atoms with E-state index in [-0.39, 0.29) is 30.2 Å². The zero-order valence-electron chi connectivity index (χ0n) is 15.5. The minimum Gasteiger partial charge on any atom is -0.366 e. The molecular formula is C20H20F2N4O3. The topological polar surface area (TPSA) is 95.7 Å². The molecule has 0 radical (unpaired) electrons. The van der Waals surface area contributed by atoms with Crippen molar-refractivity contribution in [3.63, 3.8) is 0 Å². The van der Waals surface area contributed by atoms with Crippen LogP contribution in [0.3, 0.4) is 0 Å². The molecule has 152 valence electrons. The third-order valence-corrected chi connectivity index (χ3v) is 4.65. The summed E-state index contributed by atoms with van der Waals surface area (Å²) in [5, 5.41) is 2.44. The number of benzene rings is 2. The number of amides is 4. The Hall–Kier alpha value is -3.49. The first-order valence-corrected chi connectivity index (χ1v) is 9.05. The third kappa shape index (κ3) is 4.87. The Morgan fingerprint density at radius 1 is 0.862 bits per heavy atom. The zero-order valence-corrected chi connectivity index (χ0v) is 15.5. The van der Waals surface area contributed by atoms with Crippen molar-refractivity contribution in [2.45, 2.75) is 6.42 Å². The van der Waals surface area contributed by atoms with Gasteiger partial charge >= 0.3 is 6.03 Å². The minimum atomic E-state index is -0.731. The van der Waals surface area contributed by atoms with Gasteiger partial charge in [-0.15, -0.1) is 0 Å². The fraction of sp³-hybridized carbons (Fsp3) is 0.250. The van der Waals surface area contributed by atoms with Crippen LogP contribution < -0.4 is 11.1 Å². The highest BCUT2D eigenvalue weighted by molar-refractivity contribution is 5.96. The molecule has 2 aromatic rings. The second kappa shape index (κ2) is 8.68. The summed E-state index contributed by atoms with van der Waals surface area (Å²) in [7, 11) is 0. The largest absolute Gasteiger partial charge is 0.366 e. The number of carbonyl (C=O) groups excluding carboxylic acids is 3. The number of carbonyl (C=O) groups is 3. The molecule has 0 bridgehead atoms. The monoisotopic (exact) mass is 402 g/mol. The van der Waals surface area contributed by atoms with Crippen molar-refractivity contribution in [3.05, 3.63) is 65.2 Å². The maximum absolute atomic E-state index is 14.0. The predicted octanol–water partition coefficient (Wildman–Crippen LogP) is 2.44. The maximum atomic E-state index is 14.0. The summed E-state index contributed by atoms with van der Waals surface area (Å²) in [6.07, 6.45) is 0.532. The van der Waals surface area contributed by atoms with Crippen LogP contribution in [0.1, 0.15) is 27.1 Å². The lowest BCUT2D eigenvalue weighted by molar-refractivity contribution is 0.0762. The van der Waals surface area contributed by atoms with Gasteiger partial charge < -0.3 is 20.9 Å². The highest BCUT2D eigenvalue weighted by Gasteiger charge is 2.23. The highest BCUT2D eigenvalue weighted by atomic mass is 19.1. The number of urea groups is 1. The van der Waals surface area contributed by atoms with Gasteiger partial charge in [0, 0.05) is 37.3 Å². The second-order valence-corrected chi connectivity index (χ2v) is 6.63. The summed E-state index contributed by atoms with van der Waals surface area (Å²) in [6, 6.07) is 8.21. The van der Waals surface area contributed by atoms with Gasteiger partial charge in [0.25, 0.3) is 5.91 Å². The summed E-state index contributed by atoms with van der Waals surface area (Å²) in [5.41, 5.74) is 5.49. The van der Waals surface area contributed by atoms with E-state index in [9.17, 15) is 23.2 Å². The van der Waals surface area contributed by atoms with Crippen LogP contribution in [0, 0.1) is 11.6 Å². The average molecular weight is 402 g/mol. The van der Waals surface area contributed by atoms with E-state index < -0.39 is 23.6 Å². The Kier molecular flexibility index (Phi) is 6.06. The van der Waals surface area contributed by atoms with Crippen molar-refractivity contribution in [1.82, 2.24) is 9.80 Å². The number of nitrogens with one attached hydrogen (secondary N) is 1. The molecule has 0 aliphatic carbocycles. The Balaban J connectivity index is 1.64. The molecule has 2 aromatic carbocycles. The lowest BCUT2D eigenvalue weighted by Gasteiger charge is -2.22. The van der Waals surface area contributed by atoms with Crippen LogP contribution in [-0.2, 0) is 0 Å².